The molecule has 2 aromatic rings. The van der Waals surface area contributed by atoms with Gasteiger partial charge in [-0.2, -0.15) is 10.2 Å². The number of hydrazone groups is 1. The van der Waals surface area contributed by atoms with Gasteiger partial charge in [-0.3, -0.25) is 9.48 Å². The molecular weight excluding hydrogens is 344 g/mol. The summed E-state index contributed by atoms with van der Waals surface area (Å²) in [5.74, 6) is -0.397. The van der Waals surface area contributed by atoms with Crippen LogP contribution in [0.1, 0.15) is 21.7 Å². The number of benzene rings is 1. The van der Waals surface area contributed by atoms with Gasteiger partial charge >= 0.3 is 0 Å². The highest BCUT2D eigenvalue weighted by atomic mass is 79.9. The fourth-order valence-corrected chi connectivity index (χ4v) is 2.16. The van der Waals surface area contributed by atoms with Gasteiger partial charge in [-0.05, 0) is 24.6 Å². The summed E-state index contributed by atoms with van der Waals surface area (Å²) in [6.45, 7) is 1.74. The smallest absolute Gasteiger partial charge is 0.266 e. The van der Waals surface area contributed by atoms with Crippen molar-refractivity contribution in [2.45, 2.75) is 6.92 Å². The number of nitrogens with zero attached hydrogens (tertiary/aromatic N) is 3. The van der Waals surface area contributed by atoms with Crippen molar-refractivity contribution in [3.05, 3.63) is 50.7 Å². The van der Waals surface area contributed by atoms with Crippen LogP contribution in [0.3, 0.4) is 0 Å². The number of nitrogens with one attached hydrogen (secondary N) is 1. The molecule has 1 amide bonds. The van der Waals surface area contributed by atoms with Gasteiger partial charge in [0, 0.05) is 11.5 Å². The molecule has 0 aliphatic heterocycles. The van der Waals surface area contributed by atoms with Gasteiger partial charge in [0.1, 0.15) is 5.69 Å². The Balaban J connectivity index is 2.07. The average Bonchev–Trinajstić information content (AvgIpc) is 2.65. The van der Waals surface area contributed by atoms with Crippen molar-refractivity contribution in [2.24, 2.45) is 12.1 Å². The summed E-state index contributed by atoms with van der Waals surface area (Å²) in [5, 5.41) is 8.31. The van der Waals surface area contributed by atoms with Crippen LogP contribution in [0.25, 0.3) is 0 Å². The van der Waals surface area contributed by atoms with Crippen molar-refractivity contribution in [1.29, 1.82) is 0 Å². The van der Waals surface area contributed by atoms with Gasteiger partial charge in [-0.25, -0.2) is 5.43 Å². The van der Waals surface area contributed by atoms with Gasteiger partial charge in [0.05, 0.1) is 16.9 Å². The maximum atomic E-state index is 12.0. The van der Waals surface area contributed by atoms with Crippen LogP contribution in [0.5, 0.6) is 0 Å². The molecule has 0 saturated heterocycles. The zero-order valence-electron chi connectivity index (χ0n) is 10.9. The van der Waals surface area contributed by atoms with E-state index in [1.165, 1.54) is 4.68 Å². The Kier molecular flexibility index (Phi) is 4.57. The Morgan fingerprint density at radius 3 is 2.65 bits per heavy atom. The molecule has 0 aliphatic carbocycles. The van der Waals surface area contributed by atoms with Crippen LogP contribution >= 0.6 is 27.5 Å². The Morgan fingerprint density at radius 1 is 1.45 bits per heavy atom. The number of carbonyl (C=O) groups excluding carboxylic acids is 1. The Bertz CT molecular complexity index is 664. The molecule has 1 N–H and O–H groups in total. The van der Waals surface area contributed by atoms with E-state index in [1.807, 2.05) is 24.3 Å². The first-order valence-corrected chi connectivity index (χ1v) is 6.94. The van der Waals surface area contributed by atoms with E-state index in [4.69, 9.17) is 11.6 Å². The molecule has 20 heavy (non-hydrogen) atoms. The topological polar surface area (TPSA) is 59.3 Å². The Labute approximate surface area is 129 Å². The van der Waals surface area contributed by atoms with Crippen LogP contribution in [-0.4, -0.2) is 21.9 Å². The van der Waals surface area contributed by atoms with Gasteiger partial charge in [0.2, 0.25) is 0 Å². The maximum absolute atomic E-state index is 12.0. The molecule has 5 nitrogen and oxygen atoms in total. The summed E-state index contributed by atoms with van der Waals surface area (Å²) in [6, 6.07) is 7.54. The zero-order chi connectivity index (χ0) is 14.7. The second kappa shape index (κ2) is 6.19. The first-order chi connectivity index (χ1) is 9.49. The molecule has 0 bridgehead atoms. The third-order valence-electron chi connectivity index (χ3n) is 2.61. The fourth-order valence-electron chi connectivity index (χ4n) is 1.65. The number of hydrogen-bond acceptors (Lipinski definition) is 3. The molecule has 104 valence electrons. The van der Waals surface area contributed by atoms with Crippen LogP contribution in [-0.2, 0) is 7.05 Å². The zero-order valence-corrected chi connectivity index (χ0v) is 13.2. The van der Waals surface area contributed by atoms with E-state index in [2.05, 4.69) is 31.6 Å². The van der Waals surface area contributed by atoms with Gasteiger partial charge < -0.3 is 0 Å². The van der Waals surface area contributed by atoms with Gasteiger partial charge in [0.25, 0.3) is 5.91 Å². The van der Waals surface area contributed by atoms with Crippen molar-refractivity contribution in [2.75, 3.05) is 0 Å². The predicted molar refractivity (Wildman–Crippen MR) is 82.2 cm³/mol. The SMILES string of the molecule is Cc1nn(C)c(C(=O)N/N=C/c2ccc(Br)cc2)c1Cl. The van der Waals surface area contributed by atoms with Crippen molar-refractivity contribution >= 4 is 39.7 Å². The van der Waals surface area contributed by atoms with E-state index in [0.717, 1.165) is 10.0 Å². The van der Waals surface area contributed by atoms with Crippen LogP contribution in [0.2, 0.25) is 5.02 Å². The molecule has 0 spiro atoms. The number of aryl methyl sites for hydroxylation is 2. The molecule has 0 atom stereocenters. The quantitative estimate of drug-likeness (QED) is 0.680. The number of aromatic nitrogens is 2. The molecule has 1 heterocycles. The molecule has 0 unspecified atom stereocenters. The summed E-state index contributed by atoms with van der Waals surface area (Å²) in [4.78, 5) is 12.0. The number of rotatable bonds is 3. The largest absolute Gasteiger partial charge is 0.291 e. The second-order valence-electron chi connectivity index (χ2n) is 4.12. The summed E-state index contributed by atoms with van der Waals surface area (Å²) in [6.07, 6.45) is 1.56. The summed E-state index contributed by atoms with van der Waals surface area (Å²) in [7, 11) is 1.66. The minimum absolute atomic E-state index is 0.289. The lowest BCUT2D eigenvalue weighted by atomic mass is 10.2. The number of halogens is 2. The van der Waals surface area contributed by atoms with E-state index in [-0.39, 0.29) is 5.69 Å². The molecular formula is C13H12BrClN4O. The molecule has 7 heteroatoms. The minimum Gasteiger partial charge on any atom is -0.266 e. The highest BCUT2D eigenvalue weighted by molar-refractivity contribution is 9.10. The minimum atomic E-state index is -0.397. The van der Waals surface area contributed by atoms with Crippen molar-refractivity contribution < 1.29 is 4.79 Å². The van der Waals surface area contributed by atoms with Crippen molar-refractivity contribution in [3.63, 3.8) is 0 Å². The highest BCUT2D eigenvalue weighted by Gasteiger charge is 2.17. The standard InChI is InChI=1S/C13H12BrClN4O/c1-8-11(15)12(19(2)18-8)13(20)17-16-7-9-3-5-10(14)6-4-9/h3-7H,1-2H3,(H,17,20)/b16-7+. The molecule has 0 fully saturated rings. The second-order valence-corrected chi connectivity index (χ2v) is 5.42. The van der Waals surface area contributed by atoms with Gasteiger partial charge in [0.15, 0.2) is 0 Å². The Morgan fingerprint density at radius 2 is 2.10 bits per heavy atom. The lowest BCUT2D eigenvalue weighted by Crippen LogP contribution is -2.21. The third-order valence-corrected chi connectivity index (χ3v) is 3.60. The van der Waals surface area contributed by atoms with E-state index >= 15 is 0 Å². The maximum Gasteiger partial charge on any atom is 0.291 e. The van der Waals surface area contributed by atoms with Crippen LogP contribution in [0, 0.1) is 6.92 Å². The van der Waals surface area contributed by atoms with E-state index < -0.39 is 5.91 Å². The fraction of sp³-hybridized carbons (Fsp3) is 0.154. The van der Waals surface area contributed by atoms with Crippen LogP contribution in [0.4, 0.5) is 0 Å². The first kappa shape index (κ1) is 14.7. The molecule has 0 saturated carbocycles. The van der Waals surface area contributed by atoms with E-state index in [9.17, 15) is 4.79 Å². The number of carbonyl (C=O) groups is 1. The predicted octanol–water partition coefficient (Wildman–Crippen LogP) is 2.91. The molecule has 2 rings (SSSR count). The lowest BCUT2D eigenvalue weighted by molar-refractivity contribution is 0.0946. The Hall–Kier alpha value is -1.66. The highest BCUT2D eigenvalue weighted by Crippen LogP contribution is 2.18. The molecule has 1 aromatic carbocycles. The van der Waals surface area contributed by atoms with Crippen molar-refractivity contribution in [3.8, 4) is 0 Å². The first-order valence-electron chi connectivity index (χ1n) is 5.77. The molecule has 1 aromatic heterocycles. The monoisotopic (exact) mass is 354 g/mol. The third kappa shape index (κ3) is 3.26. The molecule has 0 radical (unpaired) electrons. The van der Waals surface area contributed by atoms with Crippen LogP contribution < -0.4 is 5.43 Å². The molecule has 0 aliphatic rings. The van der Waals surface area contributed by atoms with Crippen LogP contribution in [0.15, 0.2) is 33.8 Å². The van der Waals surface area contributed by atoms with Gasteiger partial charge in [-0.1, -0.05) is 39.7 Å². The van der Waals surface area contributed by atoms with E-state index in [0.29, 0.717) is 10.7 Å². The van der Waals surface area contributed by atoms with Gasteiger partial charge in [-0.15, -0.1) is 0 Å². The lowest BCUT2D eigenvalue weighted by Gasteiger charge is -2.00. The summed E-state index contributed by atoms with van der Waals surface area (Å²) >= 11 is 9.37. The summed E-state index contributed by atoms with van der Waals surface area (Å²) < 4.78 is 2.41. The van der Waals surface area contributed by atoms with E-state index in [1.54, 1.807) is 20.2 Å². The van der Waals surface area contributed by atoms with Crippen molar-refractivity contribution in [1.82, 2.24) is 15.2 Å². The average molecular weight is 356 g/mol. The summed E-state index contributed by atoms with van der Waals surface area (Å²) in [5.41, 5.74) is 4.20. The number of hydrogen-bond donors (Lipinski definition) is 1. The number of amides is 1. The normalized spacial score (nSPS) is 11.0.